The Morgan fingerprint density at radius 2 is 2.45 bits per heavy atom. The third-order valence-electron chi connectivity index (χ3n) is 3.22. The van der Waals surface area contributed by atoms with E-state index in [1.165, 1.54) is 12.5 Å². The molecule has 4 N–H and O–H groups in total. The fourth-order valence-corrected chi connectivity index (χ4v) is 2.05. The SMILES string of the molecule is CC1(NC(=O)N[C@H](Cc2cnc[nH]2)C(=O)O)CCOC1. The summed E-state index contributed by atoms with van der Waals surface area (Å²) in [6.07, 6.45) is 3.85. The van der Waals surface area contributed by atoms with Gasteiger partial charge >= 0.3 is 12.0 Å². The van der Waals surface area contributed by atoms with E-state index in [0.29, 0.717) is 25.3 Å². The first-order chi connectivity index (χ1) is 9.48. The second-order valence-corrected chi connectivity index (χ2v) is 5.13. The molecule has 1 aliphatic rings. The Balaban J connectivity index is 1.90. The molecule has 1 unspecified atom stereocenters. The summed E-state index contributed by atoms with van der Waals surface area (Å²) in [4.78, 5) is 29.7. The molecule has 8 heteroatoms. The summed E-state index contributed by atoms with van der Waals surface area (Å²) in [6, 6.07) is -1.52. The molecular formula is C12H18N4O4. The number of imidazole rings is 1. The number of carbonyl (C=O) groups is 2. The number of carbonyl (C=O) groups excluding carboxylic acids is 1. The van der Waals surface area contributed by atoms with Crippen LogP contribution in [0.1, 0.15) is 19.0 Å². The number of hydrogen-bond acceptors (Lipinski definition) is 4. The molecule has 2 heterocycles. The Hall–Kier alpha value is -2.09. The van der Waals surface area contributed by atoms with Crippen molar-refractivity contribution in [2.24, 2.45) is 0 Å². The first-order valence-corrected chi connectivity index (χ1v) is 6.35. The average molecular weight is 282 g/mol. The van der Waals surface area contributed by atoms with Gasteiger partial charge in [0, 0.05) is 24.9 Å². The number of amides is 2. The number of H-pyrrole nitrogens is 1. The minimum Gasteiger partial charge on any atom is -0.480 e. The number of ether oxygens (including phenoxy) is 1. The zero-order valence-corrected chi connectivity index (χ0v) is 11.2. The van der Waals surface area contributed by atoms with Gasteiger partial charge in [0.1, 0.15) is 6.04 Å². The Morgan fingerprint density at radius 1 is 1.65 bits per heavy atom. The number of carboxylic acids is 1. The largest absolute Gasteiger partial charge is 0.480 e. The standard InChI is InChI=1S/C12H18N4O4/c1-12(2-3-20-6-12)16-11(19)15-9(10(17)18)4-8-5-13-7-14-8/h5,7,9H,2-4,6H2,1H3,(H,13,14)(H,17,18)(H2,15,16,19)/t9-,12?/m1/s1. The van der Waals surface area contributed by atoms with Crippen LogP contribution in [-0.4, -0.2) is 51.9 Å². The average Bonchev–Trinajstić information content (AvgIpc) is 3.00. The van der Waals surface area contributed by atoms with E-state index in [4.69, 9.17) is 9.84 Å². The maximum absolute atomic E-state index is 11.9. The Morgan fingerprint density at radius 3 is 3.00 bits per heavy atom. The summed E-state index contributed by atoms with van der Waals surface area (Å²) >= 11 is 0. The molecule has 1 saturated heterocycles. The lowest BCUT2D eigenvalue weighted by Gasteiger charge is -2.25. The third-order valence-corrected chi connectivity index (χ3v) is 3.22. The molecule has 0 bridgehead atoms. The van der Waals surface area contributed by atoms with Crippen molar-refractivity contribution < 1.29 is 19.4 Å². The van der Waals surface area contributed by atoms with Gasteiger partial charge in [-0.1, -0.05) is 0 Å². The topological polar surface area (TPSA) is 116 Å². The fraction of sp³-hybridized carbons (Fsp3) is 0.583. The van der Waals surface area contributed by atoms with Crippen LogP contribution in [0.5, 0.6) is 0 Å². The summed E-state index contributed by atoms with van der Waals surface area (Å²) in [6.45, 7) is 2.89. The zero-order valence-electron chi connectivity index (χ0n) is 11.2. The molecule has 110 valence electrons. The molecule has 0 spiro atoms. The van der Waals surface area contributed by atoms with Gasteiger partial charge in [0.25, 0.3) is 0 Å². The van der Waals surface area contributed by atoms with E-state index in [1.807, 2.05) is 6.92 Å². The molecule has 8 nitrogen and oxygen atoms in total. The van der Waals surface area contributed by atoms with Crippen LogP contribution >= 0.6 is 0 Å². The van der Waals surface area contributed by atoms with Crippen molar-refractivity contribution in [3.05, 3.63) is 18.2 Å². The number of aliphatic carboxylic acids is 1. The summed E-state index contributed by atoms with van der Waals surface area (Å²) < 4.78 is 5.23. The van der Waals surface area contributed by atoms with Gasteiger partial charge in [-0.05, 0) is 13.3 Å². The van der Waals surface area contributed by atoms with E-state index >= 15 is 0 Å². The number of rotatable bonds is 5. The van der Waals surface area contributed by atoms with Crippen molar-refractivity contribution in [3.63, 3.8) is 0 Å². The first-order valence-electron chi connectivity index (χ1n) is 6.35. The van der Waals surface area contributed by atoms with Crippen molar-refractivity contribution >= 4 is 12.0 Å². The maximum Gasteiger partial charge on any atom is 0.326 e. The van der Waals surface area contributed by atoms with Crippen LogP contribution in [0, 0.1) is 0 Å². The first kappa shape index (κ1) is 14.3. The summed E-state index contributed by atoms with van der Waals surface area (Å²) in [5.74, 6) is -1.09. The van der Waals surface area contributed by atoms with Crippen molar-refractivity contribution in [2.45, 2.75) is 31.3 Å². The lowest BCUT2D eigenvalue weighted by molar-refractivity contribution is -0.139. The van der Waals surface area contributed by atoms with Crippen LogP contribution in [0.25, 0.3) is 0 Å². The molecule has 0 aliphatic carbocycles. The van der Waals surface area contributed by atoms with Crippen LogP contribution in [0.2, 0.25) is 0 Å². The van der Waals surface area contributed by atoms with Crippen molar-refractivity contribution in [2.75, 3.05) is 13.2 Å². The third kappa shape index (κ3) is 3.70. The smallest absolute Gasteiger partial charge is 0.326 e. The molecule has 2 rings (SSSR count). The highest BCUT2D eigenvalue weighted by Gasteiger charge is 2.32. The van der Waals surface area contributed by atoms with E-state index in [9.17, 15) is 9.59 Å². The number of aromatic amines is 1. The van der Waals surface area contributed by atoms with Gasteiger partial charge < -0.3 is 25.5 Å². The summed E-state index contributed by atoms with van der Waals surface area (Å²) in [5.41, 5.74) is 0.203. The van der Waals surface area contributed by atoms with Crippen molar-refractivity contribution in [1.82, 2.24) is 20.6 Å². The van der Waals surface area contributed by atoms with Gasteiger partial charge in [0.15, 0.2) is 0 Å². The van der Waals surface area contributed by atoms with Crippen molar-refractivity contribution in [1.29, 1.82) is 0 Å². The van der Waals surface area contributed by atoms with Crippen LogP contribution < -0.4 is 10.6 Å². The highest BCUT2D eigenvalue weighted by Crippen LogP contribution is 2.17. The quantitative estimate of drug-likeness (QED) is 0.601. The predicted octanol–water partition coefficient (Wildman–Crippen LogP) is -0.116. The Kier molecular flexibility index (Phi) is 4.23. The van der Waals surface area contributed by atoms with Gasteiger partial charge in [-0.2, -0.15) is 0 Å². The monoisotopic (exact) mass is 282 g/mol. The molecule has 2 atom stereocenters. The predicted molar refractivity (Wildman–Crippen MR) is 69.2 cm³/mol. The minimum atomic E-state index is -1.09. The number of aromatic nitrogens is 2. The molecule has 1 aromatic heterocycles. The molecule has 0 radical (unpaired) electrons. The molecule has 0 saturated carbocycles. The Labute approximate surface area is 115 Å². The van der Waals surface area contributed by atoms with Gasteiger partial charge in [0.05, 0.1) is 18.5 Å². The number of nitrogens with zero attached hydrogens (tertiary/aromatic N) is 1. The van der Waals surface area contributed by atoms with Crippen LogP contribution in [0.3, 0.4) is 0 Å². The fourth-order valence-electron chi connectivity index (χ4n) is 2.05. The van der Waals surface area contributed by atoms with Gasteiger partial charge in [-0.25, -0.2) is 14.6 Å². The highest BCUT2D eigenvalue weighted by atomic mass is 16.5. The second kappa shape index (κ2) is 5.91. The van der Waals surface area contributed by atoms with Crippen LogP contribution in [0.15, 0.2) is 12.5 Å². The normalized spacial score (nSPS) is 23.2. The highest BCUT2D eigenvalue weighted by molar-refractivity contribution is 5.83. The zero-order chi connectivity index (χ0) is 14.6. The van der Waals surface area contributed by atoms with Crippen LogP contribution in [0.4, 0.5) is 4.79 Å². The molecular weight excluding hydrogens is 264 g/mol. The maximum atomic E-state index is 11.9. The Bertz CT molecular complexity index is 468. The van der Waals surface area contributed by atoms with E-state index < -0.39 is 23.6 Å². The molecule has 1 aliphatic heterocycles. The lowest BCUT2D eigenvalue weighted by atomic mass is 10.0. The summed E-state index contributed by atoms with van der Waals surface area (Å²) in [5, 5.41) is 14.4. The number of carboxylic acid groups (broad SMARTS) is 1. The van der Waals surface area contributed by atoms with Gasteiger partial charge in [-0.15, -0.1) is 0 Å². The van der Waals surface area contributed by atoms with E-state index in [2.05, 4.69) is 20.6 Å². The van der Waals surface area contributed by atoms with E-state index in [-0.39, 0.29) is 6.42 Å². The molecule has 20 heavy (non-hydrogen) atoms. The molecule has 2 amide bonds. The molecule has 1 aromatic rings. The van der Waals surface area contributed by atoms with E-state index in [1.54, 1.807) is 0 Å². The minimum absolute atomic E-state index is 0.149. The molecule has 1 fully saturated rings. The number of hydrogen-bond donors (Lipinski definition) is 4. The van der Waals surface area contributed by atoms with Crippen molar-refractivity contribution in [3.8, 4) is 0 Å². The van der Waals surface area contributed by atoms with Gasteiger partial charge in [0.2, 0.25) is 0 Å². The second-order valence-electron chi connectivity index (χ2n) is 5.13. The number of urea groups is 1. The lowest BCUT2D eigenvalue weighted by Crippen LogP contribution is -2.54. The van der Waals surface area contributed by atoms with Gasteiger partial charge in [-0.3, -0.25) is 0 Å². The molecule has 0 aromatic carbocycles. The summed E-state index contributed by atoms with van der Waals surface area (Å²) in [7, 11) is 0. The van der Waals surface area contributed by atoms with Crippen LogP contribution in [-0.2, 0) is 16.0 Å². The number of nitrogens with one attached hydrogen (secondary N) is 3. The van der Waals surface area contributed by atoms with E-state index in [0.717, 1.165) is 0 Å².